The lowest BCUT2D eigenvalue weighted by Crippen LogP contribution is -2.38. The first-order chi connectivity index (χ1) is 11.5. The first-order valence-electron chi connectivity index (χ1n) is 7.21. The Morgan fingerprint density at radius 3 is 2.44 bits per heavy atom. The zero-order valence-corrected chi connectivity index (χ0v) is 15.8. The third-order valence-corrected chi connectivity index (χ3v) is 6.78. The van der Waals surface area contributed by atoms with E-state index in [1.54, 1.807) is 0 Å². The SMILES string of the molecule is Cc1ccc([C@H]2Nc3cc(Cl)c(S(N)(=O)=O)cc3S(=O)(=O)N2)c(C)c1. The Hall–Kier alpha value is -1.65. The van der Waals surface area contributed by atoms with E-state index in [1.807, 2.05) is 32.0 Å². The van der Waals surface area contributed by atoms with E-state index >= 15 is 0 Å². The molecule has 1 heterocycles. The number of nitrogens with one attached hydrogen (secondary N) is 2. The fourth-order valence-corrected chi connectivity index (χ4v) is 5.26. The topological polar surface area (TPSA) is 118 Å². The Labute approximate surface area is 151 Å². The predicted octanol–water partition coefficient (Wildman–Crippen LogP) is 2.01. The van der Waals surface area contributed by atoms with Gasteiger partial charge in [-0.2, -0.15) is 4.72 Å². The third kappa shape index (κ3) is 3.38. The summed E-state index contributed by atoms with van der Waals surface area (Å²) in [5.74, 6) is 0. The van der Waals surface area contributed by atoms with Crippen LogP contribution < -0.4 is 15.2 Å². The number of rotatable bonds is 2. The zero-order chi connectivity index (χ0) is 18.6. The zero-order valence-electron chi connectivity index (χ0n) is 13.4. The summed E-state index contributed by atoms with van der Waals surface area (Å²) in [7, 11) is -8.10. The summed E-state index contributed by atoms with van der Waals surface area (Å²) in [5, 5.41) is 7.97. The van der Waals surface area contributed by atoms with Gasteiger partial charge in [0.25, 0.3) is 0 Å². The predicted molar refractivity (Wildman–Crippen MR) is 95.4 cm³/mol. The van der Waals surface area contributed by atoms with Crippen LogP contribution in [0.3, 0.4) is 0 Å². The smallest absolute Gasteiger partial charge is 0.244 e. The minimum atomic E-state index is -4.15. The molecule has 0 saturated heterocycles. The number of hydrogen-bond acceptors (Lipinski definition) is 5. The number of anilines is 1. The highest BCUT2D eigenvalue weighted by molar-refractivity contribution is 7.90. The second-order valence-corrected chi connectivity index (χ2v) is 9.50. The quantitative estimate of drug-likeness (QED) is 0.711. The Kier molecular flexibility index (Phi) is 4.33. The number of fused-ring (bicyclic) bond motifs is 1. The molecule has 0 saturated carbocycles. The Bertz CT molecular complexity index is 1080. The van der Waals surface area contributed by atoms with Crippen LogP contribution in [0.15, 0.2) is 40.1 Å². The van der Waals surface area contributed by atoms with Crippen molar-refractivity contribution in [3.8, 4) is 0 Å². The molecule has 25 heavy (non-hydrogen) atoms. The molecule has 4 N–H and O–H groups in total. The highest BCUT2D eigenvalue weighted by Gasteiger charge is 2.33. The van der Waals surface area contributed by atoms with Crippen molar-refractivity contribution in [1.29, 1.82) is 0 Å². The molecular weight excluding hydrogens is 386 g/mol. The molecule has 1 atom stereocenters. The van der Waals surface area contributed by atoms with Gasteiger partial charge in [-0.3, -0.25) is 0 Å². The van der Waals surface area contributed by atoms with Crippen LogP contribution in [0.5, 0.6) is 0 Å². The van der Waals surface area contributed by atoms with Crippen molar-refractivity contribution in [1.82, 2.24) is 4.72 Å². The van der Waals surface area contributed by atoms with Gasteiger partial charge >= 0.3 is 0 Å². The lowest BCUT2D eigenvalue weighted by Gasteiger charge is -2.29. The van der Waals surface area contributed by atoms with Crippen LogP contribution in [0.25, 0.3) is 0 Å². The number of hydrogen-bond donors (Lipinski definition) is 3. The van der Waals surface area contributed by atoms with E-state index in [4.69, 9.17) is 16.7 Å². The molecule has 134 valence electrons. The van der Waals surface area contributed by atoms with Gasteiger partial charge in [-0.1, -0.05) is 35.4 Å². The van der Waals surface area contributed by atoms with E-state index < -0.39 is 31.1 Å². The highest BCUT2D eigenvalue weighted by atomic mass is 35.5. The average Bonchev–Trinajstić information content (AvgIpc) is 2.44. The minimum Gasteiger partial charge on any atom is -0.364 e. The van der Waals surface area contributed by atoms with Crippen LogP contribution in [0.1, 0.15) is 22.9 Å². The maximum absolute atomic E-state index is 12.6. The van der Waals surface area contributed by atoms with Crippen molar-refractivity contribution in [2.45, 2.75) is 29.8 Å². The van der Waals surface area contributed by atoms with E-state index in [9.17, 15) is 16.8 Å². The summed E-state index contributed by atoms with van der Waals surface area (Å²) in [4.78, 5) is -0.660. The van der Waals surface area contributed by atoms with Gasteiger partial charge < -0.3 is 5.32 Å². The van der Waals surface area contributed by atoms with Crippen LogP contribution in [-0.2, 0) is 20.0 Å². The maximum Gasteiger partial charge on any atom is 0.244 e. The molecule has 3 rings (SSSR count). The van der Waals surface area contributed by atoms with Gasteiger partial charge in [-0.15, -0.1) is 0 Å². The molecule has 7 nitrogen and oxygen atoms in total. The number of halogens is 1. The van der Waals surface area contributed by atoms with Crippen molar-refractivity contribution in [3.05, 3.63) is 52.0 Å². The normalized spacial score (nSPS) is 19.1. The number of aryl methyl sites for hydroxylation is 2. The number of nitrogens with two attached hydrogens (primary N) is 1. The molecule has 0 unspecified atom stereocenters. The molecule has 0 fully saturated rings. The summed E-state index contributed by atoms with van der Waals surface area (Å²) in [5.41, 5.74) is 2.93. The molecule has 0 aromatic heterocycles. The fraction of sp³-hybridized carbons (Fsp3) is 0.200. The fourth-order valence-electron chi connectivity index (χ4n) is 2.78. The molecule has 10 heteroatoms. The lowest BCUT2D eigenvalue weighted by molar-refractivity contribution is 0.561. The molecule has 0 radical (unpaired) electrons. The van der Waals surface area contributed by atoms with E-state index in [0.29, 0.717) is 0 Å². The van der Waals surface area contributed by atoms with Crippen LogP contribution in [0.4, 0.5) is 5.69 Å². The minimum absolute atomic E-state index is 0.148. The summed E-state index contributed by atoms with van der Waals surface area (Å²) in [6.45, 7) is 3.82. The van der Waals surface area contributed by atoms with Crippen LogP contribution >= 0.6 is 11.6 Å². The van der Waals surface area contributed by atoms with Crippen molar-refractivity contribution in [2.75, 3.05) is 5.32 Å². The highest BCUT2D eigenvalue weighted by Crippen LogP contribution is 2.36. The molecule has 1 aliphatic rings. The monoisotopic (exact) mass is 401 g/mol. The molecular formula is C15H16ClN3O4S2. The average molecular weight is 402 g/mol. The molecule has 0 spiro atoms. The second kappa shape index (κ2) is 5.96. The molecule has 0 aliphatic carbocycles. The molecule has 1 aliphatic heterocycles. The van der Waals surface area contributed by atoms with Gasteiger partial charge in [-0.05, 0) is 37.1 Å². The van der Waals surface area contributed by atoms with E-state index in [1.165, 1.54) is 6.07 Å². The van der Waals surface area contributed by atoms with Gasteiger partial charge in [-0.25, -0.2) is 22.0 Å². The summed E-state index contributed by atoms with van der Waals surface area (Å²) in [6.07, 6.45) is -0.700. The van der Waals surface area contributed by atoms with Crippen LogP contribution in [-0.4, -0.2) is 16.8 Å². The van der Waals surface area contributed by atoms with Gasteiger partial charge in [0, 0.05) is 0 Å². The van der Waals surface area contributed by atoms with E-state index in [-0.39, 0.29) is 15.6 Å². The summed E-state index contributed by atoms with van der Waals surface area (Å²) in [6, 6.07) is 7.87. The summed E-state index contributed by atoms with van der Waals surface area (Å²) < 4.78 is 50.8. The standard InChI is InChI=1S/C15H16ClN3O4S2/c1-8-3-4-10(9(2)5-8)15-18-12-6-11(16)13(24(17,20)21)7-14(12)25(22,23)19-15/h3-7,15,18-19H,1-2H3,(H2,17,20,21)/t15-/m0/s1. The first-order valence-corrected chi connectivity index (χ1v) is 10.6. The van der Waals surface area contributed by atoms with Crippen LogP contribution in [0, 0.1) is 13.8 Å². The second-order valence-electron chi connectivity index (χ2n) is 5.88. The van der Waals surface area contributed by atoms with E-state index in [0.717, 1.165) is 22.8 Å². The van der Waals surface area contributed by atoms with Crippen molar-refractivity contribution >= 4 is 37.3 Å². The molecule has 0 bridgehead atoms. The van der Waals surface area contributed by atoms with Crippen LogP contribution in [0.2, 0.25) is 5.02 Å². The first kappa shape index (κ1) is 18.2. The third-order valence-electron chi connectivity index (χ3n) is 3.94. The maximum atomic E-state index is 12.6. The van der Waals surface area contributed by atoms with E-state index in [2.05, 4.69) is 10.0 Å². The van der Waals surface area contributed by atoms with Crippen molar-refractivity contribution in [2.24, 2.45) is 5.14 Å². The Morgan fingerprint density at radius 2 is 1.84 bits per heavy atom. The number of sulfonamides is 2. The lowest BCUT2D eigenvalue weighted by atomic mass is 10.0. The van der Waals surface area contributed by atoms with Crippen molar-refractivity contribution in [3.63, 3.8) is 0 Å². The van der Waals surface area contributed by atoms with Gasteiger partial charge in [0.05, 0.1) is 10.7 Å². The van der Waals surface area contributed by atoms with Crippen molar-refractivity contribution < 1.29 is 16.8 Å². The van der Waals surface area contributed by atoms with Gasteiger partial charge in [0.2, 0.25) is 20.0 Å². The Balaban J connectivity index is 2.14. The molecule has 2 aromatic rings. The van der Waals surface area contributed by atoms with Gasteiger partial charge in [0.1, 0.15) is 16.0 Å². The molecule has 0 amide bonds. The summed E-state index contributed by atoms with van der Waals surface area (Å²) >= 11 is 5.97. The Morgan fingerprint density at radius 1 is 1.16 bits per heavy atom. The van der Waals surface area contributed by atoms with Gasteiger partial charge in [0.15, 0.2) is 0 Å². The number of primary sulfonamides is 1. The number of benzene rings is 2. The molecule has 2 aromatic carbocycles. The largest absolute Gasteiger partial charge is 0.364 e.